The Morgan fingerprint density at radius 2 is 1.79 bits per heavy atom. The maximum absolute atomic E-state index is 12.5. The number of halogens is 1. The first-order valence-corrected chi connectivity index (χ1v) is 12.3. The van der Waals surface area contributed by atoms with Crippen LogP contribution in [-0.4, -0.2) is 39.7 Å². The smallest absolute Gasteiger partial charge is 0.410 e. The number of piperidine rings is 1. The number of carbonyl (C=O) groups is 1. The van der Waals surface area contributed by atoms with Gasteiger partial charge >= 0.3 is 6.09 Å². The average Bonchev–Trinajstić information content (AvgIpc) is 3.18. The van der Waals surface area contributed by atoms with Gasteiger partial charge in [0.2, 0.25) is 0 Å². The third-order valence-electron chi connectivity index (χ3n) is 5.03. The predicted octanol–water partition coefficient (Wildman–Crippen LogP) is 7.71. The summed E-state index contributed by atoms with van der Waals surface area (Å²) in [6.45, 7) is 16.8. The number of likely N-dealkylation sites (tertiary alicyclic amines) is 1. The quantitative estimate of drug-likeness (QED) is 0.455. The molecule has 0 spiro atoms. The molecule has 5 nitrogen and oxygen atoms in total. The van der Waals surface area contributed by atoms with Gasteiger partial charge in [0.1, 0.15) is 11.4 Å². The van der Waals surface area contributed by atoms with Gasteiger partial charge in [-0.1, -0.05) is 60.1 Å². The molecule has 2 heterocycles. The van der Waals surface area contributed by atoms with Crippen molar-refractivity contribution in [1.29, 1.82) is 0 Å². The molecule has 178 valence electrons. The number of carbonyl (C=O) groups excluding carboxylic acids is 1. The third-order valence-corrected chi connectivity index (χ3v) is 5.56. The fraction of sp³-hybridized carbons (Fsp3) is 0.407. The van der Waals surface area contributed by atoms with Crippen LogP contribution in [0.1, 0.15) is 77.2 Å². The molecule has 1 saturated heterocycles. The van der Waals surface area contributed by atoms with Crippen molar-refractivity contribution in [3.05, 3.63) is 69.7 Å². The molecular weight excluding hydrogens is 478 g/mol. The van der Waals surface area contributed by atoms with E-state index >= 15 is 0 Å². The van der Waals surface area contributed by atoms with Crippen molar-refractivity contribution in [2.24, 2.45) is 0 Å². The SMILES string of the molecule is C=Cc1nc(C(=C2CCN(C(=O)OC(C)(C)C)CC2)c2ccc(Br)cc2)[nH]c1/C=C\C.CC. The Kier molecular flexibility index (Phi) is 9.71. The number of nitrogens with one attached hydrogen (secondary N) is 1. The number of hydrogen-bond acceptors (Lipinski definition) is 3. The minimum Gasteiger partial charge on any atom is -0.444 e. The van der Waals surface area contributed by atoms with E-state index in [1.807, 2.05) is 65.8 Å². The standard InChI is InChI=1S/C25H30BrN3O2.C2H6/c1-6-8-21-20(7-2)27-23(28-21)22(17-9-11-19(26)12-10-17)18-13-15-29(16-14-18)24(30)31-25(3,4)5;1-2/h6-12H,2,13-16H2,1,3-5H3,(H,27,28);1-2H3/b8-6-;. The maximum Gasteiger partial charge on any atom is 0.410 e. The van der Waals surface area contributed by atoms with E-state index in [0.717, 1.165) is 45.7 Å². The van der Waals surface area contributed by atoms with Crippen LogP contribution in [0.4, 0.5) is 4.79 Å². The van der Waals surface area contributed by atoms with Crippen molar-refractivity contribution < 1.29 is 9.53 Å². The fourth-order valence-corrected chi connectivity index (χ4v) is 3.89. The van der Waals surface area contributed by atoms with E-state index in [4.69, 9.17) is 9.72 Å². The van der Waals surface area contributed by atoms with Crippen LogP contribution in [0.2, 0.25) is 0 Å². The number of rotatable bonds is 4. The molecule has 1 aromatic carbocycles. The van der Waals surface area contributed by atoms with E-state index in [0.29, 0.717) is 13.1 Å². The first kappa shape index (κ1) is 26.7. The molecule has 0 aliphatic carbocycles. The summed E-state index contributed by atoms with van der Waals surface area (Å²) in [7, 11) is 0. The topological polar surface area (TPSA) is 58.2 Å². The summed E-state index contributed by atoms with van der Waals surface area (Å²) in [5.41, 5.74) is 4.74. The number of amides is 1. The Morgan fingerprint density at radius 3 is 2.30 bits per heavy atom. The zero-order chi connectivity index (χ0) is 24.6. The van der Waals surface area contributed by atoms with Crippen molar-refractivity contribution in [3.63, 3.8) is 0 Å². The van der Waals surface area contributed by atoms with Crippen molar-refractivity contribution in [2.75, 3.05) is 13.1 Å². The van der Waals surface area contributed by atoms with Crippen molar-refractivity contribution >= 4 is 39.7 Å². The van der Waals surface area contributed by atoms with Gasteiger partial charge in [0.05, 0.1) is 11.4 Å². The molecule has 0 unspecified atom stereocenters. The summed E-state index contributed by atoms with van der Waals surface area (Å²) in [6.07, 6.45) is 7.05. The lowest BCUT2D eigenvalue weighted by molar-refractivity contribution is 0.0236. The number of nitrogens with zero attached hydrogens (tertiary/aromatic N) is 2. The molecule has 2 aromatic rings. The lowest BCUT2D eigenvalue weighted by Gasteiger charge is -2.31. The van der Waals surface area contributed by atoms with E-state index in [-0.39, 0.29) is 6.09 Å². The lowest BCUT2D eigenvalue weighted by Crippen LogP contribution is -2.40. The van der Waals surface area contributed by atoms with Gasteiger partial charge in [0, 0.05) is 23.1 Å². The molecule has 1 N–H and O–H groups in total. The van der Waals surface area contributed by atoms with Gasteiger partial charge in [0.25, 0.3) is 0 Å². The zero-order valence-electron chi connectivity index (χ0n) is 20.7. The van der Waals surface area contributed by atoms with Crippen molar-refractivity contribution in [3.8, 4) is 0 Å². The highest BCUT2D eigenvalue weighted by Crippen LogP contribution is 2.33. The van der Waals surface area contributed by atoms with E-state index in [2.05, 4.69) is 39.6 Å². The van der Waals surface area contributed by atoms with Crippen LogP contribution in [0.3, 0.4) is 0 Å². The van der Waals surface area contributed by atoms with Crippen LogP contribution < -0.4 is 0 Å². The van der Waals surface area contributed by atoms with Crippen LogP contribution in [0, 0.1) is 0 Å². The molecule has 1 aliphatic rings. The summed E-state index contributed by atoms with van der Waals surface area (Å²) in [4.78, 5) is 22.5. The fourth-order valence-electron chi connectivity index (χ4n) is 3.63. The maximum atomic E-state index is 12.5. The van der Waals surface area contributed by atoms with Crippen LogP contribution in [0.5, 0.6) is 0 Å². The summed E-state index contributed by atoms with van der Waals surface area (Å²) >= 11 is 3.52. The number of benzene rings is 1. The van der Waals surface area contributed by atoms with E-state index in [9.17, 15) is 4.79 Å². The third kappa shape index (κ3) is 7.19. The molecule has 0 saturated carbocycles. The lowest BCUT2D eigenvalue weighted by atomic mass is 9.92. The number of imidazole rings is 1. The van der Waals surface area contributed by atoms with Gasteiger partial charge in [0.15, 0.2) is 0 Å². The largest absolute Gasteiger partial charge is 0.444 e. The Morgan fingerprint density at radius 1 is 1.18 bits per heavy atom. The van der Waals surface area contributed by atoms with Crippen LogP contribution in [0.25, 0.3) is 17.7 Å². The summed E-state index contributed by atoms with van der Waals surface area (Å²) < 4.78 is 6.57. The molecule has 1 amide bonds. The van der Waals surface area contributed by atoms with Gasteiger partial charge in [-0.25, -0.2) is 9.78 Å². The number of ether oxygens (including phenoxy) is 1. The van der Waals surface area contributed by atoms with Crippen LogP contribution in [0.15, 0.2) is 47.0 Å². The first-order valence-electron chi connectivity index (χ1n) is 11.5. The summed E-state index contributed by atoms with van der Waals surface area (Å²) in [5, 5.41) is 0. The van der Waals surface area contributed by atoms with Gasteiger partial charge in [-0.15, -0.1) is 0 Å². The second kappa shape index (κ2) is 12.0. The number of H-pyrrole nitrogens is 1. The van der Waals surface area contributed by atoms with Crippen LogP contribution >= 0.6 is 15.9 Å². The van der Waals surface area contributed by atoms with Gasteiger partial charge in [-0.2, -0.15) is 0 Å². The summed E-state index contributed by atoms with van der Waals surface area (Å²) in [5.74, 6) is 0.825. The summed E-state index contributed by atoms with van der Waals surface area (Å²) in [6, 6.07) is 8.27. The number of aromatic nitrogens is 2. The molecule has 1 fully saturated rings. The Labute approximate surface area is 206 Å². The predicted molar refractivity (Wildman–Crippen MR) is 142 cm³/mol. The molecule has 0 atom stereocenters. The molecular formula is C27H36BrN3O2. The Balaban J connectivity index is 0.00000187. The van der Waals surface area contributed by atoms with Gasteiger partial charge in [-0.05, 0) is 70.4 Å². The van der Waals surface area contributed by atoms with Crippen LogP contribution in [-0.2, 0) is 4.74 Å². The molecule has 0 bridgehead atoms. The molecule has 1 aromatic heterocycles. The Bertz CT molecular complexity index is 1000. The second-order valence-electron chi connectivity index (χ2n) is 8.54. The molecule has 33 heavy (non-hydrogen) atoms. The number of aromatic amines is 1. The molecule has 6 heteroatoms. The second-order valence-corrected chi connectivity index (χ2v) is 9.46. The van der Waals surface area contributed by atoms with E-state index in [1.165, 1.54) is 5.57 Å². The van der Waals surface area contributed by atoms with Gasteiger partial charge < -0.3 is 14.6 Å². The average molecular weight is 515 g/mol. The highest BCUT2D eigenvalue weighted by Gasteiger charge is 2.27. The van der Waals surface area contributed by atoms with E-state index < -0.39 is 5.60 Å². The first-order chi connectivity index (χ1) is 15.7. The van der Waals surface area contributed by atoms with Crippen molar-refractivity contribution in [2.45, 2.75) is 60.0 Å². The van der Waals surface area contributed by atoms with Crippen molar-refractivity contribution in [1.82, 2.24) is 14.9 Å². The number of hydrogen-bond donors (Lipinski definition) is 1. The highest BCUT2D eigenvalue weighted by atomic mass is 79.9. The monoisotopic (exact) mass is 513 g/mol. The normalized spacial score (nSPS) is 14.0. The minimum absolute atomic E-state index is 0.251. The molecule has 3 rings (SSSR count). The zero-order valence-corrected chi connectivity index (χ0v) is 22.3. The minimum atomic E-state index is -0.492. The molecule has 1 aliphatic heterocycles. The van der Waals surface area contributed by atoms with E-state index in [1.54, 1.807) is 11.0 Å². The van der Waals surface area contributed by atoms with Gasteiger partial charge in [-0.3, -0.25) is 0 Å². The number of allylic oxidation sites excluding steroid dienone is 1. The molecule has 0 radical (unpaired) electrons. The Hall–Kier alpha value is -2.60. The highest BCUT2D eigenvalue weighted by molar-refractivity contribution is 9.10.